The van der Waals surface area contributed by atoms with Crippen LogP contribution in [0.4, 0.5) is 13.2 Å². The minimum absolute atomic E-state index is 0.348. The van der Waals surface area contributed by atoms with E-state index in [9.17, 15) is 21.6 Å². The minimum Gasteiger partial charge on any atom is -0.316 e. The molecular formula is C16H20F3NO2S. The van der Waals surface area contributed by atoms with Gasteiger partial charge < -0.3 is 5.32 Å². The van der Waals surface area contributed by atoms with Crippen LogP contribution in [0.5, 0.6) is 0 Å². The molecule has 2 unspecified atom stereocenters. The van der Waals surface area contributed by atoms with Gasteiger partial charge in [-0.2, -0.15) is 13.2 Å². The monoisotopic (exact) mass is 347 g/mol. The summed E-state index contributed by atoms with van der Waals surface area (Å²) in [5, 5.41) is 3.38. The van der Waals surface area contributed by atoms with Gasteiger partial charge in [-0.05, 0) is 67.7 Å². The van der Waals surface area contributed by atoms with Gasteiger partial charge in [0.25, 0.3) is 9.84 Å². The molecule has 3 rings (SSSR count). The van der Waals surface area contributed by atoms with Crippen LogP contribution in [0.2, 0.25) is 0 Å². The first-order chi connectivity index (χ1) is 10.7. The molecule has 0 radical (unpaired) electrons. The van der Waals surface area contributed by atoms with Gasteiger partial charge in [0.15, 0.2) is 0 Å². The molecule has 2 atom stereocenters. The number of hydrogen-bond acceptors (Lipinski definition) is 3. The summed E-state index contributed by atoms with van der Waals surface area (Å²) >= 11 is 0. The fourth-order valence-electron chi connectivity index (χ4n) is 3.99. The highest BCUT2D eigenvalue weighted by Gasteiger charge is 2.47. The van der Waals surface area contributed by atoms with Crippen LogP contribution in [0.1, 0.15) is 31.2 Å². The van der Waals surface area contributed by atoms with E-state index in [4.69, 9.17) is 0 Å². The van der Waals surface area contributed by atoms with Crippen molar-refractivity contribution in [3.8, 4) is 0 Å². The van der Waals surface area contributed by atoms with Crippen molar-refractivity contribution in [1.82, 2.24) is 5.32 Å². The number of benzene rings is 1. The van der Waals surface area contributed by atoms with E-state index in [1.165, 1.54) is 12.1 Å². The molecule has 1 aromatic carbocycles. The van der Waals surface area contributed by atoms with E-state index in [-0.39, 0.29) is 0 Å². The Labute approximate surface area is 134 Å². The highest BCUT2D eigenvalue weighted by Crippen LogP contribution is 2.46. The van der Waals surface area contributed by atoms with Gasteiger partial charge in [0, 0.05) is 6.54 Å². The third kappa shape index (κ3) is 3.26. The van der Waals surface area contributed by atoms with E-state index < -0.39 is 20.2 Å². The SMILES string of the molecule is O=S(=O)(c1cccc(CC2CCC3(CCNC3)C2)c1)C(F)(F)F. The predicted molar refractivity (Wildman–Crippen MR) is 80.6 cm³/mol. The molecule has 2 fully saturated rings. The maximum Gasteiger partial charge on any atom is 0.501 e. The van der Waals surface area contributed by atoms with Gasteiger partial charge in [-0.3, -0.25) is 0 Å². The summed E-state index contributed by atoms with van der Waals surface area (Å²) in [6, 6.07) is 5.31. The zero-order valence-electron chi connectivity index (χ0n) is 12.7. The lowest BCUT2D eigenvalue weighted by molar-refractivity contribution is -0.0436. The van der Waals surface area contributed by atoms with Crippen molar-refractivity contribution < 1.29 is 21.6 Å². The molecule has 7 heteroatoms. The highest BCUT2D eigenvalue weighted by atomic mass is 32.2. The maximum absolute atomic E-state index is 12.7. The van der Waals surface area contributed by atoms with Crippen molar-refractivity contribution in [2.24, 2.45) is 11.3 Å². The molecule has 1 saturated carbocycles. The van der Waals surface area contributed by atoms with Gasteiger partial charge in [-0.15, -0.1) is 0 Å². The minimum atomic E-state index is -5.26. The van der Waals surface area contributed by atoms with E-state index in [0.717, 1.165) is 44.8 Å². The molecule has 3 nitrogen and oxygen atoms in total. The van der Waals surface area contributed by atoms with Crippen LogP contribution in [0.3, 0.4) is 0 Å². The number of halogens is 3. The maximum atomic E-state index is 12.7. The lowest BCUT2D eigenvalue weighted by atomic mass is 9.84. The summed E-state index contributed by atoms with van der Waals surface area (Å²) in [6.45, 7) is 2.05. The fourth-order valence-corrected chi connectivity index (χ4v) is 4.82. The molecule has 1 N–H and O–H groups in total. The molecule has 1 aromatic rings. The van der Waals surface area contributed by atoms with Crippen LogP contribution in [0, 0.1) is 11.3 Å². The van der Waals surface area contributed by atoms with Crippen LogP contribution < -0.4 is 5.32 Å². The van der Waals surface area contributed by atoms with Crippen LogP contribution in [0.15, 0.2) is 29.2 Å². The first-order valence-corrected chi connectivity index (χ1v) is 9.31. The van der Waals surface area contributed by atoms with E-state index in [0.29, 0.717) is 23.3 Å². The van der Waals surface area contributed by atoms with Crippen molar-refractivity contribution in [1.29, 1.82) is 0 Å². The number of rotatable bonds is 3. The summed E-state index contributed by atoms with van der Waals surface area (Å²) in [7, 11) is -5.26. The van der Waals surface area contributed by atoms with Gasteiger partial charge in [-0.1, -0.05) is 12.1 Å². The van der Waals surface area contributed by atoms with Crippen molar-refractivity contribution in [3.63, 3.8) is 0 Å². The average molecular weight is 347 g/mol. The molecule has 1 aliphatic carbocycles. The molecule has 2 aliphatic rings. The van der Waals surface area contributed by atoms with E-state index in [2.05, 4.69) is 5.32 Å². The Bertz CT molecular complexity index is 679. The van der Waals surface area contributed by atoms with Gasteiger partial charge in [0.05, 0.1) is 4.90 Å². The zero-order chi connectivity index (χ0) is 16.7. The van der Waals surface area contributed by atoms with E-state index in [1.807, 2.05) is 0 Å². The lowest BCUT2D eigenvalue weighted by Gasteiger charge is -2.21. The molecule has 1 spiro atoms. The van der Waals surface area contributed by atoms with Crippen molar-refractivity contribution in [2.75, 3.05) is 13.1 Å². The van der Waals surface area contributed by atoms with E-state index in [1.54, 1.807) is 6.07 Å². The smallest absolute Gasteiger partial charge is 0.316 e. The largest absolute Gasteiger partial charge is 0.501 e. The number of sulfone groups is 1. The molecule has 1 aliphatic heterocycles. The lowest BCUT2D eigenvalue weighted by Crippen LogP contribution is -2.23. The van der Waals surface area contributed by atoms with Crippen LogP contribution in [0.25, 0.3) is 0 Å². The van der Waals surface area contributed by atoms with Crippen molar-refractivity contribution in [3.05, 3.63) is 29.8 Å². The molecule has 0 aromatic heterocycles. The second-order valence-electron chi connectivity index (χ2n) is 6.84. The Hall–Kier alpha value is -1.08. The Morgan fingerprint density at radius 3 is 2.70 bits per heavy atom. The average Bonchev–Trinajstić information content (AvgIpc) is 3.09. The summed E-state index contributed by atoms with van der Waals surface area (Å²) in [5.41, 5.74) is -4.23. The molecule has 1 heterocycles. The summed E-state index contributed by atoms with van der Waals surface area (Å²) in [5.74, 6) is 0.416. The second-order valence-corrected chi connectivity index (χ2v) is 8.78. The van der Waals surface area contributed by atoms with Crippen LogP contribution in [-0.2, 0) is 16.3 Å². The molecule has 1 saturated heterocycles. The summed E-state index contributed by atoms with van der Waals surface area (Å²) in [4.78, 5) is -0.655. The third-order valence-electron chi connectivity index (χ3n) is 5.17. The molecule has 128 valence electrons. The van der Waals surface area contributed by atoms with Gasteiger partial charge in [-0.25, -0.2) is 8.42 Å². The van der Waals surface area contributed by atoms with Crippen LogP contribution in [-0.4, -0.2) is 27.0 Å². The summed E-state index contributed by atoms with van der Waals surface area (Å²) < 4.78 is 61.0. The normalized spacial score (nSPS) is 28.6. The first-order valence-electron chi connectivity index (χ1n) is 7.83. The van der Waals surface area contributed by atoms with Crippen molar-refractivity contribution in [2.45, 2.75) is 42.5 Å². The number of hydrogen-bond donors (Lipinski definition) is 1. The molecular weight excluding hydrogens is 327 g/mol. The molecule has 23 heavy (non-hydrogen) atoms. The Kier molecular flexibility index (Phi) is 4.21. The standard InChI is InChI=1S/C16H20F3NO2S/c17-16(18,19)23(21,22)14-3-1-2-12(9-14)8-13-4-5-15(10-13)6-7-20-11-15/h1-3,9,13,20H,4-8,10-11H2. The van der Waals surface area contributed by atoms with Gasteiger partial charge in [0.1, 0.15) is 0 Å². The quantitative estimate of drug-likeness (QED) is 0.913. The van der Waals surface area contributed by atoms with Crippen LogP contribution >= 0.6 is 0 Å². The Morgan fingerprint density at radius 1 is 1.26 bits per heavy atom. The van der Waals surface area contributed by atoms with Gasteiger partial charge in [0.2, 0.25) is 0 Å². The van der Waals surface area contributed by atoms with Gasteiger partial charge >= 0.3 is 5.51 Å². The third-order valence-corrected chi connectivity index (χ3v) is 6.66. The molecule has 0 amide bonds. The second kappa shape index (κ2) is 5.77. The number of alkyl halides is 3. The summed E-state index contributed by atoms with van der Waals surface area (Å²) in [6.07, 6.45) is 5.06. The molecule has 0 bridgehead atoms. The predicted octanol–water partition coefficient (Wildman–Crippen LogP) is 3.30. The Morgan fingerprint density at radius 2 is 2.04 bits per heavy atom. The highest BCUT2D eigenvalue weighted by molar-refractivity contribution is 7.92. The van der Waals surface area contributed by atoms with Crippen molar-refractivity contribution >= 4 is 9.84 Å². The fraction of sp³-hybridized carbons (Fsp3) is 0.625. The van der Waals surface area contributed by atoms with E-state index >= 15 is 0 Å². The first kappa shape index (κ1) is 16.8. The topological polar surface area (TPSA) is 46.2 Å². The zero-order valence-corrected chi connectivity index (χ0v) is 13.5. The number of nitrogens with one attached hydrogen (secondary N) is 1. The Balaban J connectivity index is 1.74.